The molecule has 148 valence electrons. The average Bonchev–Trinajstić information content (AvgIpc) is 3.37. The van der Waals surface area contributed by atoms with E-state index < -0.39 is 9.84 Å². The third-order valence-electron chi connectivity index (χ3n) is 5.25. The maximum atomic E-state index is 11.8. The molecular formula is C22H17N5O2S. The number of aromatic amines is 1. The first kappa shape index (κ1) is 18.2. The van der Waals surface area contributed by atoms with Gasteiger partial charge in [-0.3, -0.25) is 0 Å². The standard InChI is InChI=1S/C22H17N5O2S/c1-30(28,29)17-8-4-15(5-9-17)22-26-19-13-25-21-18(10-11-24-21)20(19)27(22)16-6-2-14(12-23)3-7-16/h2-11,13,22,26H,1H3,(H,24,25). The minimum Gasteiger partial charge on any atom is -0.358 e. The van der Waals surface area contributed by atoms with E-state index in [9.17, 15) is 8.42 Å². The predicted molar refractivity (Wildman–Crippen MR) is 115 cm³/mol. The second kappa shape index (κ2) is 6.61. The number of pyridine rings is 1. The smallest absolute Gasteiger partial charge is 0.175 e. The molecule has 0 spiro atoms. The highest BCUT2D eigenvalue weighted by Crippen LogP contribution is 2.48. The highest BCUT2D eigenvalue weighted by molar-refractivity contribution is 7.90. The normalized spacial score (nSPS) is 15.6. The van der Waals surface area contributed by atoms with Gasteiger partial charge in [0.15, 0.2) is 9.84 Å². The first-order valence-corrected chi connectivity index (χ1v) is 11.2. The molecule has 2 N–H and O–H groups in total. The summed E-state index contributed by atoms with van der Waals surface area (Å²) in [6.45, 7) is 0. The lowest BCUT2D eigenvalue weighted by molar-refractivity contribution is 0.602. The fourth-order valence-corrected chi connectivity index (χ4v) is 4.43. The Balaban J connectivity index is 1.67. The highest BCUT2D eigenvalue weighted by Gasteiger charge is 2.33. The van der Waals surface area contributed by atoms with Gasteiger partial charge in [0, 0.05) is 23.5 Å². The number of hydrogen-bond donors (Lipinski definition) is 2. The molecule has 0 saturated heterocycles. The summed E-state index contributed by atoms with van der Waals surface area (Å²) in [4.78, 5) is 10.0. The number of rotatable bonds is 3. The van der Waals surface area contributed by atoms with Crippen molar-refractivity contribution in [2.45, 2.75) is 11.1 Å². The molecule has 2 aromatic carbocycles. The summed E-state index contributed by atoms with van der Waals surface area (Å²) in [5.41, 5.74) is 5.04. The number of anilines is 3. The van der Waals surface area contributed by atoms with E-state index in [1.165, 1.54) is 6.26 Å². The molecule has 8 heteroatoms. The van der Waals surface area contributed by atoms with Crippen LogP contribution < -0.4 is 10.2 Å². The van der Waals surface area contributed by atoms with Crippen LogP contribution in [0.15, 0.2) is 71.9 Å². The molecule has 0 amide bonds. The Morgan fingerprint density at radius 2 is 1.80 bits per heavy atom. The summed E-state index contributed by atoms with van der Waals surface area (Å²) in [7, 11) is -3.27. The van der Waals surface area contributed by atoms with Gasteiger partial charge in [-0.1, -0.05) is 12.1 Å². The molecule has 1 atom stereocenters. The van der Waals surface area contributed by atoms with Gasteiger partial charge in [-0.2, -0.15) is 5.26 Å². The molecule has 7 nitrogen and oxygen atoms in total. The Morgan fingerprint density at radius 1 is 1.07 bits per heavy atom. The predicted octanol–water partition coefficient (Wildman–Crippen LogP) is 4.10. The van der Waals surface area contributed by atoms with Gasteiger partial charge >= 0.3 is 0 Å². The summed E-state index contributed by atoms with van der Waals surface area (Å²) in [6, 6.07) is 18.4. The Kier molecular flexibility index (Phi) is 4.01. The fourth-order valence-electron chi connectivity index (χ4n) is 3.80. The van der Waals surface area contributed by atoms with Crippen molar-refractivity contribution in [3.8, 4) is 6.07 Å². The third-order valence-corrected chi connectivity index (χ3v) is 6.38. The number of H-pyrrole nitrogens is 1. The van der Waals surface area contributed by atoms with Gasteiger partial charge in [0.05, 0.1) is 34.1 Å². The topological polar surface area (TPSA) is 102 Å². The van der Waals surface area contributed by atoms with Gasteiger partial charge in [0.1, 0.15) is 11.8 Å². The van der Waals surface area contributed by atoms with Gasteiger partial charge < -0.3 is 15.2 Å². The SMILES string of the molecule is CS(=O)(=O)c1ccc(C2Nc3cnc4[nH]ccc4c3N2c2ccc(C#N)cc2)cc1. The van der Waals surface area contributed by atoms with Crippen LogP contribution in [-0.2, 0) is 9.84 Å². The molecule has 0 fully saturated rings. The van der Waals surface area contributed by atoms with Crippen LogP contribution in [0, 0.1) is 11.3 Å². The Hall–Kier alpha value is -3.83. The fraction of sp³-hybridized carbons (Fsp3) is 0.0909. The molecule has 0 aliphatic carbocycles. The van der Waals surface area contributed by atoms with Crippen molar-refractivity contribution in [2.75, 3.05) is 16.5 Å². The molecule has 2 aromatic heterocycles. The van der Waals surface area contributed by atoms with E-state index in [2.05, 4.69) is 26.3 Å². The van der Waals surface area contributed by atoms with Gasteiger partial charge in [-0.05, 0) is 48.0 Å². The first-order valence-electron chi connectivity index (χ1n) is 9.28. The zero-order valence-electron chi connectivity index (χ0n) is 16.0. The number of hydrogen-bond acceptors (Lipinski definition) is 6. The molecule has 4 aromatic rings. The zero-order chi connectivity index (χ0) is 20.9. The average molecular weight is 415 g/mol. The minimum atomic E-state index is -3.27. The zero-order valence-corrected chi connectivity index (χ0v) is 16.8. The van der Waals surface area contributed by atoms with E-state index >= 15 is 0 Å². The summed E-state index contributed by atoms with van der Waals surface area (Å²) in [6.07, 6.45) is 4.57. The number of nitrogens with zero attached hydrogens (tertiary/aromatic N) is 3. The lowest BCUT2D eigenvalue weighted by Gasteiger charge is -2.28. The number of aromatic nitrogens is 2. The minimum absolute atomic E-state index is 0.260. The van der Waals surface area contributed by atoms with E-state index in [4.69, 9.17) is 5.26 Å². The monoisotopic (exact) mass is 415 g/mol. The van der Waals surface area contributed by atoms with Crippen LogP contribution in [-0.4, -0.2) is 24.6 Å². The van der Waals surface area contributed by atoms with Crippen molar-refractivity contribution in [1.29, 1.82) is 5.26 Å². The van der Waals surface area contributed by atoms with Crippen molar-refractivity contribution in [1.82, 2.24) is 9.97 Å². The second-order valence-corrected chi connectivity index (χ2v) is 9.19. The maximum Gasteiger partial charge on any atom is 0.175 e. The molecular weight excluding hydrogens is 398 g/mol. The van der Waals surface area contributed by atoms with Crippen LogP contribution in [0.4, 0.5) is 17.1 Å². The maximum absolute atomic E-state index is 11.8. The highest BCUT2D eigenvalue weighted by atomic mass is 32.2. The van der Waals surface area contributed by atoms with Crippen molar-refractivity contribution in [3.63, 3.8) is 0 Å². The van der Waals surface area contributed by atoms with E-state index in [0.29, 0.717) is 5.56 Å². The van der Waals surface area contributed by atoms with Crippen LogP contribution in [0.25, 0.3) is 11.0 Å². The molecule has 5 rings (SSSR count). The van der Waals surface area contributed by atoms with Crippen LogP contribution in [0.3, 0.4) is 0 Å². The van der Waals surface area contributed by atoms with E-state index in [1.807, 2.05) is 36.5 Å². The summed E-state index contributed by atoms with van der Waals surface area (Å²) in [5, 5.41) is 13.6. The number of benzene rings is 2. The van der Waals surface area contributed by atoms with Crippen molar-refractivity contribution >= 4 is 37.9 Å². The van der Waals surface area contributed by atoms with Crippen LogP contribution in [0.5, 0.6) is 0 Å². The molecule has 3 heterocycles. The van der Waals surface area contributed by atoms with Gasteiger partial charge in [-0.15, -0.1) is 0 Å². The number of nitriles is 1. The van der Waals surface area contributed by atoms with Gasteiger partial charge in [-0.25, -0.2) is 13.4 Å². The molecule has 1 aliphatic heterocycles. The number of nitrogens with one attached hydrogen (secondary N) is 2. The van der Waals surface area contributed by atoms with Crippen LogP contribution in [0.2, 0.25) is 0 Å². The Labute approximate surface area is 173 Å². The Morgan fingerprint density at radius 3 is 2.47 bits per heavy atom. The lowest BCUT2D eigenvalue weighted by atomic mass is 10.1. The third kappa shape index (κ3) is 2.88. The Bertz CT molecular complexity index is 1400. The van der Waals surface area contributed by atoms with Crippen LogP contribution in [0.1, 0.15) is 17.3 Å². The summed E-state index contributed by atoms with van der Waals surface area (Å²) in [5.74, 6) is 0. The van der Waals surface area contributed by atoms with Gasteiger partial charge in [0.25, 0.3) is 0 Å². The van der Waals surface area contributed by atoms with Crippen LogP contribution >= 0.6 is 0 Å². The van der Waals surface area contributed by atoms with Crippen molar-refractivity contribution < 1.29 is 8.42 Å². The van der Waals surface area contributed by atoms with Crippen molar-refractivity contribution in [2.24, 2.45) is 0 Å². The number of fused-ring (bicyclic) bond motifs is 3. The molecule has 1 unspecified atom stereocenters. The van der Waals surface area contributed by atoms with E-state index in [-0.39, 0.29) is 11.1 Å². The summed E-state index contributed by atoms with van der Waals surface area (Å²) >= 11 is 0. The lowest BCUT2D eigenvalue weighted by Crippen LogP contribution is -2.23. The molecule has 0 radical (unpaired) electrons. The van der Waals surface area contributed by atoms with E-state index in [0.717, 1.165) is 33.7 Å². The second-order valence-electron chi connectivity index (χ2n) is 7.18. The quantitative estimate of drug-likeness (QED) is 0.522. The van der Waals surface area contributed by atoms with Gasteiger partial charge in [0.2, 0.25) is 0 Å². The summed E-state index contributed by atoms with van der Waals surface area (Å²) < 4.78 is 23.7. The number of sulfone groups is 1. The largest absolute Gasteiger partial charge is 0.358 e. The molecule has 0 bridgehead atoms. The molecule has 30 heavy (non-hydrogen) atoms. The van der Waals surface area contributed by atoms with E-state index in [1.54, 1.807) is 30.5 Å². The van der Waals surface area contributed by atoms with Crippen molar-refractivity contribution in [3.05, 3.63) is 78.1 Å². The first-order chi connectivity index (χ1) is 14.5. The molecule has 0 saturated carbocycles. The molecule has 1 aliphatic rings.